The van der Waals surface area contributed by atoms with Crippen LogP contribution in [-0.2, 0) is 0 Å². The predicted octanol–water partition coefficient (Wildman–Crippen LogP) is 8.22. The number of halogens is 3. The Kier molecular flexibility index (Phi) is 7.25. The van der Waals surface area contributed by atoms with Gasteiger partial charge in [-0.15, -0.1) is 10.2 Å². The fourth-order valence-corrected chi connectivity index (χ4v) is 4.05. The summed E-state index contributed by atoms with van der Waals surface area (Å²) in [6.07, 6.45) is 0. The number of azo groups is 1. The fraction of sp³-hybridized carbons (Fsp3) is 0.304. The van der Waals surface area contributed by atoms with Crippen LogP contribution in [0, 0.1) is 5.41 Å². The van der Waals surface area contributed by atoms with E-state index in [9.17, 15) is 0 Å². The van der Waals surface area contributed by atoms with Gasteiger partial charge in [-0.25, -0.2) is 0 Å². The van der Waals surface area contributed by atoms with Crippen LogP contribution in [0.25, 0.3) is 10.8 Å². The molecule has 0 unspecified atom stereocenters. The molecule has 3 aromatic carbocycles. The quantitative estimate of drug-likeness (QED) is 0.283. The van der Waals surface area contributed by atoms with E-state index >= 15 is 0 Å². The lowest BCUT2D eigenvalue weighted by Gasteiger charge is -2.29. The molecule has 0 aromatic heterocycles. The maximum absolute atomic E-state index is 6.22. The summed E-state index contributed by atoms with van der Waals surface area (Å²) >= 11 is 18.3. The van der Waals surface area contributed by atoms with Gasteiger partial charge in [0.1, 0.15) is 5.69 Å². The van der Waals surface area contributed by atoms with Crippen molar-refractivity contribution in [2.45, 2.75) is 13.8 Å². The molecule has 0 aliphatic rings. The molecule has 1 N–H and O–H groups in total. The van der Waals surface area contributed by atoms with Gasteiger partial charge in [0, 0.05) is 29.5 Å². The van der Waals surface area contributed by atoms with Gasteiger partial charge in [0.25, 0.3) is 0 Å². The maximum Gasteiger partial charge on any atom is 0.106 e. The number of hydrogen-bond donors (Lipinski definition) is 1. The minimum absolute atomic E-state index is 0.133. The molecule has 3 aromatic rings. The third-order valence-corrected chi connectivity index (χ3v) is 5.68. The molecule has 3 rings (SSSR count). The Bertz CT molecular complexity index is 1080. The zero-order valence-corrected chi connectivity index (χ0v) is 19.8. The molecule has 0 saturated heterocycles. The first-order valence-electron chi connectivity index (χ1n) is 9.63. The highest BCUT2D eigenvalue weighted by Crippen LogP contribution is 2.37. The van der Waals surface area contributed by atoms with Crippen LogP contribution in [0.1, 0.15) is 13.8 Å². The Balaban J connectivity index is 1.90. The first-order chi connectivity index (χ1) is 14.2. The summed E-state index contributed by atoms with van der Waals surface area (Å²) in [4.78, 5) is 2.21. The molecule has 0 atom stereocenters. The average Bonchev–Trinajstić information content (AvgIpc) is 2.67. The normalized spacial score (nSPS) is 12.3. The summed E-state index contributed by atoms with van der Waals surface area (Å²) < 4.78 is 0. The molecule has 158 valence electrons. The molecular weight excluding hydrogens is 439 g/mol. The summed E-state index contributed by atoms with van der Waals surface area (Å²) in [5.74, 6) is 0. The van der Waals surface area contributed by atoms with Crippen LogP contribution in [0.4, 0.5) is 17.1 Å². The number of anilines is 1. The van der Waals surface area contributed by atoms with E-state index < -0.39 is 0 Å². The molecule has 0 radical (unpaired) electrons. The van der Waals surface area contributed by atoms with E-state index in [4.69, 9.17) is 34.8 Å². The minimum Gasteiger partial charge on any atom is -0.384 e. The SMILES string of the molecule is CN(C)CC(C)(C)CNc1ccc(N=Nc2cc(Cl)c(Cl)cc2Cl)c2ccccc12. The van der Waals surface area contributed by atoms with Crippen LogP contribution < -0.4 is 5.32 Å². The van der Waals surface area contributed by atoms with Crippen molar-refractivity contribution in [1.82, 2.24) is 4.90 Å². The standard InChI is InChI=1S/C23H25Cl3N4/c1-23(2,14-30(3)4)13-27-20-9-10-21(16-8-6-5-7-15(16)20)28-29-22-12-18(25)17(24)11-19(22)26/h5-12,27H,13-14H2,1-4H3. The van der Waals surface area contributed by atoms with Gasteiger partial charge in [0.05, 0.1) is 20.8 Å². The molecule has 0 bridgehead atoms. The molecule has 0 saturated carbocycles. The van der Waals surface area contributed by atoms with Gasteiger partial charge in [-0.2, -0.15) is 0 Å². The molecule has 0 amide bonds. The maximum atomic E-state index is 6.22. The van der Waals surface area contributed by atoms with Crippen molar-refractivity contribution in [1.29, 1.82) is 0 Å². The van der Waals surface area contributed by atoms with Crippen molar-refractivity contribution >= 4 is 62.6 Å². The van der Waals surface area contributed by atoms with E-state index in [-0.39, 0.29) is 5.41 Å². The van der Waals surface area contributed by atoms with Gasteiger partial charge in [-0.3, -0.25) is 0 Å². The van der Waals surface area contributed by atoms with E-state index in [0.29, 0.717) is 20.8 Å². The summed E-state index contributed by atoms with van der Waals surface area (Å²) in [6, 6.07) is 15.3. The molecule has 4 nitrogen and oxygen atoms in total. The molecule has 0 spiro atoms. The summed E-state index contributed by atoms with van der Waals surface area (Å²) in [5, 5.41) is 15.6. The van der Waals surface area contributed by atoms with Gasteiger partial charge < -0.3 is 10.2 Å². The average molecular weight is 464 g/mol. The van der Waals surface area contributed by atoms with Crippen molar-refractivity contribution in [2.24, 2.45) is 15.6 Å². The second-order valence-corrected chi connectivity index (χ2v) is 9.57. The second kappa shape index (κ2) is 9.52. The van der Waals surface area contributed by atoms with Gasteiger partial charge in [-0.1, -0.05) is 72.9 Å². The topological polar surface area (TPSA) is 40.0 Å². The zero-order valence-electron chi connectivity index (χ0n) is 17.5. The van der Waals surface area contributed by atoms with E-state index in [0.717, 1.165) is 35.2 Å². The number of nitrogens with zero attached hydrogens (tertiary/aromatic N) is 3. The van der Waals surface area contributed by atoms with Crippen LogP contribution >= 0.6 is 34.8 Å². The minimum atomic E-state index is 0.133. The number of fused-ring (bicyclic) bond motifs is 1. The lowest BCUT2D eigenvalue weighted by atomic mass is 9.92. The highest BCUT2D eigenvalue weighted by Gasteiger charge is 2.19. The van der Waals surface area contributed by atoms with E-state index in [1.807, 2.05) is 30.3 Å². The Hall–Kier alpha value is -1.85. The fourth-order valence-electron chi connectivity index (χ4n) is 3.47. The molecular formula is C23H25Cl3N4. The van der Waals surface area contributed by atoms with E-state index in [2.05, 4.69) is 54.5 Å². The monoisotopic (exact) mass is 462 g/mol. The Labute approximate surface area is 192 Å². The first-order valence-corrected chi connectivity index (χ1v) is 10.8. The zero-order chi connectivity index (χ0) is 21.9. The summed E-state index contributed by atoms with van der Waals surface area (Å²) in [6.45, 7) is 6.36. The molecule has 0 aliphatic carbocycles. The predicted molar refractivity (Wildman–Crippen MR) is 130 cm³/mol. The van der Waals surface area contributed by atoms with Crippen LogP contribution in [0.2, 0.25) is 15.1 Å². The van der Waals surface area contributed by atoms with Crippen molar-refractivity contribution in [3.8, 4) is 0 Å². The highest BCUT2D eigenvalue weighted by molar-refractivity contribution is 6.43. The molecule has 30 heavy (non-hydrogen) atoms. The smallest absolute Gasteiger partial charge is 0.106 e. The third-order valence-electron chi connectivity index (χ3n) is 4.66. The highest BCUT2D eigenvalue weighted by atomic mass is 35.5. The largest absolute Gasteiger partial charge is 0.384 e. The van der Waals surface area contributed by atoms with Crippen molar-refractivity contribution in [3.05, 3.63) is 63.6 Å². The molecule has 7 heteroatoms. The molecule has 0 heterocycles. The van der Waals surface area contributed by atoms with E-state index in [1.165, 1.54) is 0 Å². The first kappa shape index (κ1) is 22.8. The number of hydrogen-bond acceptors (Lipinski definition) is 4. The summed E-state index contributed by atoms with van der Waals surface area (Å²) in [5.41, 5.74) is 2.44. The van der Waals surface area contributed by atoms with Gasteiger partial charge >= 0.3 is 0 Å². The number of nitrogens with one attached hydrogen (secondary N) is 1. The summed E-state index contributed by atoms with van der Waals surface area (Å²) in [7, 11) is 4.19. The number of benzene rings is 3. The van der Waals surface area contributed by atoms with Gasteiger partial charge in [-0.05, 0) is 43.8 Å². The van der Waals surface area contributed by atoms with Gasteiger partial charge in [0.15, 0.2) is 0 Å². The molecule has 0 aliphatic heterocycles. The van der Waals surface area contributed by atoms with Crippen LogP contribution in [0.5, 0.6) is 0 Å². The van der Waals surface area contributed by atoms with Gasteiger partial charge in [0.2, 0.25) is 0 Å². The lowest BCUT2D eigenvalue weighted by Crippen LogP contribution is -2.34. The molecule has 0 fully saturated rings. The van der Waals surface area contributed by atoms with E-state index in [1.54, 1.807) is 12.1 Å². The van der Waals surface area contributed by atoms with Crippen LogP contribution in [-0.4, -0.2) is 32.1 Å². The van der Waals surface area contributed by atoms with Crippen molar-refractivity contribution < 1.29 is 0 Å². The second-order valence-electron chi connectivity index (χ2n) is 8.35. The van der Waals surface area contributed by atoms with Crippen molar-refractivity contribution in [3.63, 3.8) is 0 Å². The third kappa shape index (κ3) is 5.64. The van der Waals surface area contributed by atoms with Crippen molar-refractivity contribution in [2.75, 3.05) is 32.5 Å². The van der Waals surface area contributed by atoms with Crippen LogP contribution in [0.3, 0.4) is 0 Å². The Morgan fingerprint density at radius 3 is 2.17 bits per heavy atom. The Morgan fingerprint density at radius 2 is 1.47 bits per heavy atom. The lowest BCUT2D eigenvalue weighted by molar-refractivity contribution is 0.254. The Morgan fingerprint density at radius 1 is 0.833 bits per heavy atom. The number of rotatable bonds is 7. The van der Waals surface area contributed by atoms with Crippen LogP contribution in [0.15, 0.2) is 58.8 Å².